The number of aromatic nitrogens is 1. The maximum absolute atomic E-state index is 15.0. The molecule has 5 rings (SSSR count). The molecule has 3 aromatic rings. The van der Waals surface area contributed by atoms with Crippen LogP contribution in [0.15, 0.2) is 51.4 Å². The molecule has 0 aliphatic carbocycles. The van der Waals surface area contributed by atoms with Crippen LogP contribution in [-0.4, -0.2) is 46.6 Å². The number of alkyl halides is 4. The van der Waals surface area contributed by atoms with E-state index in [1.54, 1.807) is 37.1 Å². The van der Waals surface area contributed by atoms with Crippen LogP contribution in [0, 0.1) is 0 Å². The molecule has 2 atom stereocenters. The molecule has 1 saturated heterocycles. The summed E-state index contributed by atoms with van der Waals surface area (Å²) in [5, 5.41) is 20.4. The lowest BCUT2D eigenvalue weighted by atomic mass is 9.95. The molecule has 0 amide bonds. The normalized spacial score (nSPS) is 20.7. The maximum atomic E-state index is 15.0. The van der Waals surface area contributed by atoms with Crippen molar-refractivity contribution in [1.82, 2.24) is 9.47 Å². The highest BCUT2D eigenvalue weighted by Crippen LogP contribution is 2.38. The van der Waals surface area contributed by atoms with Crippen molar-refractivity contribution in [2.75, 3.05) is 20.1 Å². The first kappa shape index (κ1) is 26.6. The second-order valence-electron chi connectivity index (χ2n) is 9.50. The van der Waals surface area contributed by atoms with Crippen LogP contribution in [0.5, 0.6) is 5.88 Å². The van der Waals surface area contributed by atoms with Gasteiger partial charge in [0, 0.05) is 30.1 Å². The van der Waals surface area contributed by atoms with Crippen molar-refractivity contribution in [3.05, 3.63) is 83.2 Å². The van der Waals surface area contributed by atoms with E-state index in [1.807, 2.05) is 0 Å². The Kier molecular flexibility index (Phi) is 6.95. The van der Waals surface area contributed by atoms with E-state index in [9.17, 15) is 27.5 Å². The van der Waals surface area contributed by atoms with Crippen molar-refractivity contribution in [2.45, 2.75) is 38.2 Å². The summed E-state index contributed by atoms with van der Waals surface area (Å²) < 4.78 is 57.8. The second-order valence-corrected chi connectivity index (χ2v) is 10.9. The molecule has 0 radical (unpaired) electrons. The second kappa shape index (κ2) is 9.94. The van der Waals surface area contributed by atoms with Crippen LogP contribution in [0.3, 0.4) is 0 Å². The quantitative estimate of drug-likeness (QED) is 0.479. The molecule has 3 heterocycles. The van der Waals surface area contributed by atoms with E-state index < -0.39 is 34.7 Å². The van der Waals surface area contributed by atoms with Gasteiger partial charge in [-0.1, -0.05) is 35.1 Å². The zero-order valence-electron chi connectivity index (χ0n) is 20.4. The number of piperidine rings is 1. The first-order chi connectivity index (χ1) is 17.9. The van der Waals surface area contributed by atoms with Gasteiger partial charge in [-0.3, -0.25) is 9.36 Å². The minimum atomic E-state index is -4.68. The molecule has 200 valence electrons. The van der Waals surface area contributed by atoms with E-state index >= 15 is 0 Å². The van der Waals surface area contributed by atoms with Gasteiger partial charge in [0.25, 0.3) is 0 Å². The number of hydrogen-bond donors (Lipinski definition) is 1. The van der Waals surface area contributed by atoms with Crippen LogP contribution in [0.1, 0.15) is 41.0 Å². The number of benzene rings is 2. The Bertz CT molecular complexity index is 1630. The zero-order valence-corrected chi connectivity index (χ0v) is 22.0. The summed E-state index contributed by atoms with van der Waals surface area (Å²) in [5.74, 6) is -0.453. The highest BCUT2D eigenvalue weighted by molar-refractivity contribution is 7.10. The SMILES string of the molecule is CC1=NN=c2ccc(=C(Cc3ccc(Cl)cc3C(F)(F)F)c3sc(=O)n([C@H]4CCN(C)C[C@@H]4F)c3O)cc21. The van der Waals surface area contributed by atoms with Gasteiger partial charge in [0.2, 0.25) is 5.88 Å². The average molecular weight is 567 g/mol. The van der Waals surface area contributed by atoms with Gasteiger partial charge in [-0.05, 0) is 61.0 Å². The van der Waals surface area contributed by atoms with Gasteiger partial charge in [0.1, 0.15) is 6.17 Å². The number of nitrogens with zero attached hydrogens (tertiary/aromatic N) is 4. The zero-order chi connectivity index (χ0) is 27.4. The van der Waals surface area contributed by atoms with Crippen molar-refractivity contribution < 1.29 is 22.7 Å². The Balaban J connectivity index is 1.72. The number of fused-ring (bicyclic) bond motifs is 1. The van der Waals surface area contributed by atoms with Gasteiger partial charge >= 0.3 is 11.0 Å². The van der Waals surface area contributed by atoms with E-state index in [4.69, 9.17) is 11.6 Å². The summed E-state index contributed by atoms with van der Waals surface area (Å²) in [6, 6.07) is 7.70. The average Bonchev–Trinajstić information content (AvgIpc) is 3.36. The fourth-order valence-corrected chi connectivity index (χ4v) is 6.13. The molecule has 6 nitrogen and oxygen atoms in total. The number of aromatic hydroxyl groups is 1. The van der Waals surface area contributed by atoms with Gasteiger partial charge in [-0.15, -0.1) is 0 Å². The Hall–Kier alpha value is -3.02. The Morgan fingerprint density at radius 1 is 1.21 bits per heavy atom. The molecular formula is C26H23ClF4N4O2S. The number of thiazole rings is 1. The molecule has 1 aromatic heterocycles. The Labute approximate surface area is 223 Å². The van der Waals surface area contributed by atoms with Gasteiger partial charge in [-0.2, -0.15) is 23.4 Å². The van der Waals surface area contributed by atoms with Crippen LogP contribution in [0.2, 0.25) is 5.02 Å². The summed E-state index contributed by atoms with van der Waals surface area (Å²) in [4.78, 5) is 14.4. The van der Waals surface area contributed by atoms with Gasteiger partial charge in [0.15, 0.2) is 0 Å². The van der Waals surface area contributed by atoms with E-state index in [2.05, 4.69) is 10.2 Å². The summed E-state index contributed by atoms with van der Waals surface area (Å²) in [5.41, 5.74) is 0.619. The lowest BCUT2D eigenvalue weighted by Crippen LogP contribution is -2.42. The highest BCUT2D eigenvalue weighted by atomic mass is 35.5. The van der Waals surface area contributed by atoms with Crippen molar-refractivity contribution in [3.8, 4) is 5.88 Å². The number of halogens is 5. The molecule has 2 aromatic carbocycles. The third-order valence-electron chi connectivity index (χ3n) is 6.92. The molecule has 0 spiro atoms. The summed E-state index contributed by atoms with van der Waals surface area (Å²) in [7, 11) is 1.77. The molecule has 2 aliphatic rings. The monoisotopic (exact) mass is 566 g/mol. The fraction of sp³-hybridized carbons (Fsp3) is 0.346. The van der Waals surface area contributed by atoms with E-state index in [0.29, 0.717) is 51.7 Å². The topological polar surface area (TPSA) is 70.2 Å². The molecule has 1 N–H and O–H groups in total. The van der Waals surface area contributed by atoms with Crippen LogP contribution >= 0.6 is 22.9 Å². The molecular weight excluding hydrogens is 544 g/mol. The lowest BCUT2D eigenvalue weighted by molar-refractivity contribution is -0.138. The standard InChI is InChI=1S/C26H23ClF4N4O2S/c1-13-17-9-14(4-6-21(17)33-32-13)18(10-15-3-5-16(27)11-19(15)26(29,30)31)23-24(36)35(25(37)38-23)22-7-8-34(2)12-20(22)28/h3-6,9,11,20,22,36H,7-8,10,12H2,1-2H3/t20-,22-/m0/s1. The van der Waals surface area contributed by atoms with Gasteiger partial charge in [0.05, 0.1) is 27.6 Å². The third-order valence-corrected chi connectivity index (χ3v) is 8.16. The smallest absolute Gasteiger partial charge is 0.416 e. The highest BCUT2D eigenvalue weighted by Gasteiger charge is 2.36. The lowest BCUT2D eigenvalue weighted by Gasteiger charge is -2.32. The largest absolute Gasteiger partial charge is 0.493 e. The summed E-state index contributed by atoms with van der Waals surface area (Å²) in [6.45, 7) is 2.39. The molecule has 38 heavy (non-hydrogen) atoms. The van der Waals surface area contributed by atoms with Crippen molar-refractivity contribution in [1.29, 1.82) is 0 Å². The first-order valence-electron chi connectivity index (χ1n) is 11.8. The Morgan fingerprint density at radius 2 is 1.97 bits per heavy atom. The van der Waals surface area contributed by atoms with E-state index in [1.165, 1.54) is 12.1 Å². The molecule has 0 unspecified atom stereocenters. The van der Waals surface area contributed by atoms with E-state index in [-0.39, 0.29) is 28.4 Å². The molecule has 1 fully saturated rings. The van der Waals surface area contributed by atoms with Crippen LogP contribution in [0.25, 0.3) is 5.57 Å². The summed E-state index contributed by atoms with van der Waals surface area (Å²) >= 11 is 6.57. The minimum absolute atomic E-state index is 0.0662. The summed E-state index contributed by atoms with van der Waals surface area (Å²) in [6.07, 6.45) is -6.03. The van der Waals surface area contributed by atoms with Crippen molar-refractivity contribution >= 4 is 34.2 Å². The number of hydrogen-bond acceptors (Lipinski definition) is 6. The van der Waals surface area contributed by atoms with Crippen molar-refractivity contribution in [2.24, 2.45) is 10.2 Å². The maximum Gasteiger partial charge on any atom is 0.416 e. The third kappa shape index (κ3) is 4.90. The predicted octanol–water partition coefficient (Wildman–Crippen LogP) is 4.30. The first-order valence-corrected chi connectivity index (χ1v) is 13.0. The number of rotatable bonds is 4. The number of likely N-dealkylation sites (tertiary alicyclic amines) is 1. The molecule has 0 bridgehead atoms. The Morgan fingerprint density at radius 3 is 2.68 bits per heavy atom. The minimum Gasteiger partial charge on any atom is -0.493 e. The van der Waals surface area contributed by atoms with E-state index in [0.717, 1.165) is 10.6 Å². The van der Waals surface area contributed by atoms with Crippen molar-refractivity contribution in [3.63, 3.8) is 0 Å². The van der Waals surface area contributed by atoms with Gasteiger partial charge in [-0.25, -0.2) is 4.39 Å². The van der Waals surface area contributed by atoms with Gasteiger partial charge < -0.3 is 10.0 Å². The van der Waals surface area contributed by atoms with Crippen LogP contribution < -0.4 is 15.4 Å². The van der Waals surface area contributed by atoms with Crippen LogP contribution in [-0.2, 0) is 12.6 Å². The molecule has 12 heteroatoms. The van der Waals surface area contributed by atoms with Crippen LogP contribution in [0.4, 0.5) is 17.6 Å². The fourth-order valence-electron chi connectivity index (χ4n) is 4.96. The predicted molar refractivity (Wildman–Crippen MR) is 138 cm³/mol. The molecule has 0 saturated carbocycles. The molecule has 2 aliphatic heterocycles.